The Labute approximate surface area is 107 Å². The van der Waals surface area contributed by atoms with E-state index in [0.29, 0.717) is 19.6 Å². The molecule has 5 nitrogen and oxygen atoms in total. The van der Waals surface area contributed by atoms with Crippen LogP contribution in [0.4, 0.5) is 4.79 Å². The fourth-order valence-electron chi connectivity index (χ4n) is 2.89. The lowest BCUT2D eigenvalue weighted by molar-refractivity contribution is -0.162. The van der Waals surface area contributed by atoms with E-state index in [2.05, 4.69) is 0 Å². The van der Waals surface area contributed by atoms with Gasteiger partial charge in [0.05, 0.1) is 19.3 Å². The summed E-state index contributed by atoms with van der Waals surface area (Å²) in [6.07, 6.45) is 4.43. The fourth-order valence-corrected chi connectivity index (χ4v) is 2.89. The Balaban J connectivity index is 1.78. The van der Waals surface area contributed by atoms with E-state index in [4.69, 9.17) is 14.2 Å². The van der Waals surface area contributed by atoms with Crippen LogP contribution in [0.25, 0.3) is 0 Å². The summed E-state index contributed by atoms with van der Waals surface area (Å²) in [4.78, 5) is 13.9. The van der Waals surface area contributed by atoms with Crippen molar-refractivity contribution in [3.05, 3.63) is 12.2 Å². The zero-order valence-corrected chi connectivity index (χ0v) is 11.0. The van der Waals surface area contributed by atoms with E-state index >= 15 is 0 Å². The molecule has 0 radical (unpaired) electrons. The summed E-state index contributed by atoms with van der Waals surface area (Å²) in [6, 6.07) is -0.122. The minimum atomic E-state index is -0.629. The third kappa shape index (κ3) is 1.73. The van der Waals surface area contributed by atoms with Gasteiger partial charge in [0.1, 0.15) is 11.6 Å². The minimum absolute atomic E-state index is 0.0305. The first-order valence-electron chi connectivity index (χ1n) is 6.39. The smallest absolute Gasteiger partial charge is 0.411 e. The SMILES string of the molecule is CC(C)(C)OC(=O)N1C2C=CC1C1(C2)OCCO1. The van der Waals surface area contributed by atoms with Crippen LogP contribution in [0, 0.1) is 0 Å². The molecule has 2 saturated heterocycles. The van der Waals surface area contributed by atoms with Gasteiger partial charge in [-0.25, -0.2) is 4.79 Å². The second kappa shape index (κ2) is 3.71. The Bertz CT molecular complexity index is 392. The number of carbonyl (C=O) groups excluding carboxylic acids is 1. The van der Waals surface area contributed by atoms with Crippen molar-refractivity contribution in [1.29, 1.82) is 0 Å². The maximum atomic E-state index is 12.2. The molecule has 0 aliphatic carbocycles. The molecule has 0 aromatic carbocycles. The number of rotatable bonds is 0. The highest BCUT2D eigenvalue weighted by atomic mass is 16.7. The van der Waals surface area contributed by atoms with Crippen LogP contribution in [0.15, 0.2) is 12.2 Å². The van der Waals surface area contributed by atoms with Crippen molar-refractivity contribution in [1.82, 2.24) is 4.90 Å². The van der Waals surface area contributed by atoms with Gasteiger partial charge in [0, 0.05) is 6.42 Å². The molecule has 100 valence electrons. The molecule has 1 spiro atoms. The van der Waals surface area contributed by atoms with Crippen LogP contribution in [0.5, 0.6) is 0 Å². The van der Waals surface area contributed by atoms with Gasteiger partial charge in [-0.15, -0.1) is 0 Å². The first-order valence-corrected chi connectivity index (χ1v) is 6.39. The Kier molecular flexibility index (Phi) is 2.47. The van der Waals surface area contributed by atoms with Crippen LogP contribution >= 0.6 is 0 Å². The summed E-state index contributed by atoms with van der Waals surface area (Å²) in [5, 5.41) is 0. The van der Waals surface area contributed by atoms with Gasteiger partial charge < -0.3 is 14.2 Å². The van der Waals surface area contributed by atoms with Crippen LogP contribution in [-0.4, -0.2) is 47.7 Å². The summed E-state index contributed by atoms with van der Waals surface area (Å²) in [5.74, 6) is -0.629. The number of nitrogens with zero attached hydrogens (tertiary/aromatic N) is 1. The molecule has 0 aromatic heterocycles. The van der Waals surface area contributed by atoms with Crippen molar-refractivity contribution in [2.45, 2.75) is 50.7 Å². The van der Waals surface area contributed by atoms with Gasteiger partial charge in [0.15, 0.2) is 5.79 Å². The van der Waals surface area contributed by atoms with Crippen LogP contribution in [0.3, 0.4) is 0 Å². The molecular weight excluding hydrogens is 234 g/mol. The molecule has 0 saturated carbocycles. The lowest BCUT2D eigenvalue weighted by Crippen LogP contribution is -2.47. The number of fused-ring (bicyclic) bond motifs is 3. The molecule has 2 bridgehead atoms. The highest BCUT2D eigenvalue weighted by molar-refractivity contribution is 5.71. The molecular formula is C13H19NO4. The predicted octanol–water partition coefficient (Wildman–Crippen LogP) is 1.68. The third-order valence-corrected chi connectivity index (χ3v) is 3.50. The molecule has 0 aromatic rings. The Morgan fingerprint density at radius 2 is 2.00 bits per heavy atom. The van der Waals surface area contributed by atoms with E-state index in [9.17, 15) is 4.79 Å². The maximum Gasteiger partial charge on any atom is 0.411 e. The summed E-state index contributed by atoms with van der Waals surface area (Å²) in [7, 11) is 0. The average molecular weight is 253 g/mol. The van der Waals surface area contributed by atoms with Gasteiger partial charge in [-0.1, -0.05) is 12.2 Å². The summed E-state index contributed by atoms with van der Waals surface area (Å²) in [5.41, 5.74) is -0.482. The summed E-state index contributed by atoms with van der Waals surface area (Å²) >= 11 is 0. The minimum Gasteiger partial charge on any atom is -0.444 e. The van der Waals surface area contributed by atoms with E-state index in [1.54, 1.807) is 4.90 Å². The second-order valence-corrected chi connectivity index (χ2v) is 6.00. The molecule has 0 N–H and O–H groups in total. The molecule has 3 heterocycles. The van der Waals surface area contributed by atoms with Gasteiger partial charge >= 0.3 is 6.09 Å². The second-order valence-electron chi connectivity index (χ2n) is 6.00. The lowest BCUT2D eigenvalue weighted by atomic mass is 10.0. The number of ether oxygens (including phenoxy) is 3. The first kappa shape index (κ1) is 12.0. The van der Waals surface area contributed by atoms with Gasteiger partial charge in [0.2, 0.25) is 0 Å². The van der Waals surface area contributed by atoms with Crippen molar-refractivity contribution in [3.63, 3.8) is 0 Å². The van der Waals surface area contributed by atoms with Gasteiger partial charge in [-0.2, -0.15) is 0 Å². The molecule has 3 rings (SSSR count). The molecule has 2 fully saturated rings. The van der Waals surface area contributed by atoms with E-state index in [1.807, 2.05) is 32.9 Å². The molecule has 18 heavy (non-hydrogen) atoms. The van der Waals surface area contributed by atoms with E-state index in [1.165, 1.54) is 0 Å². The summed E-state index contributed by atoms with van der Waals surface area (Å²) < 4.78 is 16.9. The van der Waals surface area contributed by atoms with Gasteiger partial charge in [0.25, 0.3) is 0 Å². The number of hydrogen-bond acceptors (Lipinski definition) is 4. The topological polar surface area (TPSA) is 48.0 Å². The quantitative estimate of drug-likeness (QED) is 0.616. The third-order valence-electron chi connectivity index (χ3n) is 3.50. The van der Waals surface area contributed by atoms with Crippen molar-refractivity contribution in [2.75, 3.05) is 13.2 Å². The van der Waals surface area contributed by atoms with Crippen LogP contribution in [-0.2, 0) is 14.2 Å². The first-order chi connectivity index (χ1) is 8.41. The fraction of sp³-hybridized carbons (Fsp3) is 0.769. The molecule has 1 amide bonds. The van der Waals surface area contributed by atoms with Crippen molar-refractivity contribution in [3.8, 4) is 0 Å². The molecule has 3 aliphatic rings. The van der Waals surface area contributed by atoms with Gasteiger partial charge in [-0.3, -0.25) is 4.90 Å². The maximum absolute atomic E-state index is 12.2. The van der Waals surface area contributed by atoms with E-state index in [0.717, 1.165) is 0 Å². The molecule has 5 heteroatoms. The Morgan fingerprint density at radius 1 is 1.33 bits per heavy atom. The number of carbonyl (C=O) groups is 1. The molecule has 2 atom stereocenters. The van der Waals surface area contributed by atoms with E-state index in [-0.39, 0.29) is 18.2 Å². The van der Waals surface area contributed by atoms with Crippen LogP contribution in [0.1, 0.15) is 27.2 Å². The Morgan fingerprint density at radius 3 is 2.61 bits per heavy atom. The lowest BCUT2D eigenvalue weighted by Gasteiger charge is -2.31. The van der Waals surface area contributed by atoms with Gasteiger partial charge in [-0.05, 0) is 20.8 Å². The highest BCUT2D eigenvalue weighted by Crippen LogP contribution is 2.45. The predicted molar refractivity (Wildman–Crippen MR) is 64.0 cm³/mol. The van der Waals surface area contributed by atoms with Crippen LogP contribution in [0.2, 0.25) is 0 Å². The molecule has 2 unspecified atom stereocenters. The standard InChI is InChI=1S/C13H19NO4/c1-12(2,3)18-11(15)14-9-4-5-10(14)13(8-9)16-6-7-17-13/h4-5,9-10H,6-8H2,1-3H3. The average Bonchev–Trinajstić information content (AvgIpc) is 2.89. The van der Waals surface area contributed by atoms with Crippen molar-refractivity contribution >= 4 is 6.09 Å². The largest absolute Gasteiger partial charge is 0.444 e. The van der Waals surface area contributed by atoms with E-state index < -0.39 is 11.4 Å². The van der Waals surface area contributed by atoms with Crippen molar-refractivity contribution < 1.29 is 19.0 Å². The van der Waals surface area contributed by atoms with Crippen LogP contribution < -0.4 is 0 Å². The zero-order chi connectivity index (χ0) is 13.0. The number of amides is 1. The summed E-state index contributed by atoms with van der Waals surface area (Å²) in [6.45, 7) is 6.80. The zero-order valence-electron chi connectivity index (χ0n) is 11.0. The highest BCUT2D eigenvalue weighted by Gasteiger charge is 2.59. The monoisotopic (exact) mass is 253 g/mol. The molecule has 3 aliphatic heterocycles. The normalized spacial score (nSPS) is 32.5. The number of hydrogen-bond donors (Lipinski definition) is 0. The van der Waals surface area contributed by atoms with Crippen molar-refractivity contribution in [2.24, 2.45) is 0 Å². The Hall–Kier alpha value is -1.07.